The molecule has 7 rings (SSSR count). The molecule has 2 N–H and O–H groups in total. The number of pyridine rings is 1. The standard InChI is InChI=1S/C32H32FN5O2/c1-19-26-5-3-2-4-20(26)11-13-37(19)32(40)23-14-25-17-29(35-38(25)30(15-23)21-6-7-21)27-9-8-24(16-28(27)33)36-12-10-22(18-36)31(34)39/h2-5,8-9,14-17,19,21-22H,6-7,10-13,18H2,1H3,(H2,34,39)/t19-,22?/m1/s1. The maximum atomic E-state index is 15.4. The number of benzene rings is 2. The van der Waals surface area contributed by atoms with Gasteiger partial charge in [0.05, 0.1) is 23.2 Å². The third-order valence-electron chi connectivity index (χ3n) is 8.87. The Labute approximate surface area is 232 Å². The van der Waals surface area contributed by atoms with E-state index in [1.165, 1.54) is 17.2 Å². The van der Waals surface area contributed by atoms with Crippen molar-refractivity contribution in [3.63, 3.8) is 0 Å². The molecule has 0 radical (unpaired) electrons. The SMILES string of the molecule is C[C@@H]1c2ccccc2CCN1C(=O)c1cc(C2CC2)n2nc(-c3ccc(N4CCC(C(N)=O)C4)cc3F)cc2c1. The Morgan fingerprint density at radius 3 is 2.58 bits per heavy atom. The molecule has 1 saturated carbocycles. The molecule has 0 spiro atoms. The molecular weight excluding hydrogens is 505 g/mol. The number of rotatable bonds is 5. The summed E-state index contributed by atoms with van der Waals surface area (Å²) in [5.74, 6) is -0.518. The summed E-state index contributed by atoms with van der Waals surface area (Å²) in [4.78, 5) is 29.3. The predicted molar refractivity (Wildman–Crippen MR) is 152 cm³/mol. The third-order valence-corrected chi connectivity index (χ3v) is 8.87. The summed E-state index contributed by atoms with van der Waals surface area (Å²) in [6, 6.07) is 19.2. The molecule has 2 aromatic carbocycles. The van der Waals surface area contributed by atoms with Crippen LogP contribution in [-0.2, 0) is 11.2 Å². The molecule has 2 fully saturated rings. The van der Waals surface area contributed by atoms with Gasteiger partial charge in [-0.1, -0.05) is 24.3 Å². The van der Waals surface area contributed by atoms with Crippen LogP contribution < -0.4 is 10.6 Å². The molecule has 2 atom stereocenters. The van der Waals surface area contributed by atoms with Crippen LogP contribution in [0.5, 0.6) is 0 Å². The normalized spacial score (nSPS) is 20.6. The summed E-state index contributed by atoms with van der Waals surface area (Å²) in [5.41, 5.74) is 12.1. The van der Waals surface area contributed by atoms with Gasteiger partial charge >= 0.3 is 0 Å². The first kappa shape index (κ1) is 24.8. The molecule has 7 nitrogen and oxygen atoms in total. The van der Waals surface area contributed by atoms with E-state index < -0.39 is 0 Å². The zero-order valence-corrected chi connectivity index (χ0v) is 22.5. The molecule has 1 unspecified atom stereocenters. The number of primary amides is 1. The number of carbonyl (C=O) groups is 2. The summed E-state index contributed by atoms with van der Waals surface area (Å²) in [6.07, 6.45) is 3.64. The van der Waals surface area contributed by atoms with E-state index in [9.17, 15) is 9.59 Å². The molecule has 4 heterocycles. The minimum atomic E-state index is -0.367. The second-order valence-corrected chi connectivity index (χ2v) is 11.4. The van der Waals surface area contributed by atoms with Crippen LogP contribution >= 0.6 is 0 Å². The number of hydrogen-bond acceptors (Lipinski definition) is 4. The highest BCUT2D eigenvalue weighted by Crippen LogP contribution is 2.41. The van der Waals surface area contributed by atoms with E-state index in [1.54, 1.807) is 6.07 Å². The smallest absolute Gasteiger partial charge is 0.254 e. The zero-order chi connectivity index (χ0) is 27.5. The largest absolute Gasteiger partial charge is 0.371 e. The van der Waals surface area contributed by atoms with Crippen molar-refractivity contribution < 1.29 is 14.0 Å². The fourth-order valence-corrected chi connectivity index (χ4v) is 6.40. The molecule has 2 aliphatic heterocycles. The van der Waals surface area contributed by atoms with Crippen LogP contribution in [0.3, 0.4) is 0 Å². The maximum absolute atomic E-state index is 15.4. The predicted octanol–water partition coefficient (Wildman–Crippen LogP) is 5.09. The molecule has 0 bridgehead atoms. The Morgan fingerprint density at radius 2 is 1.82 bits per heavy atom. The molecule has 204 valence electrons. The Hall–Kier alpha value is -4.20. The number of fused-ring (bicyclic) bond motifs is 2. The summed E-state index contributed by atoms with van der Waals surface area (Å²) >= 11 is 0. The van der Waals surface area contributed by atoms with Gasteiger partial charge in [-0.25, -0.2) is 8.91 Å². The minimum Gasteiger partial charge on any atom is -0.371 e. The number of anilines is 1. The lowest BCUT2D eigenvalue weighted by atomic mass is 9.93. The van der Waals surface area contributed by atoms with E-state index in [0.717, 1.165) is 36.2 Å². The van der Waals surface area contributed by atoms with Crippen molar-refractivity contribution in [3.8, 4) is 11.3 Å². The molecule has 1 aliphatic carbocycles. The highest BCUT2D eigenvalue weighted by Gasteiger charge is 2.32. The van der Waals surface area contributed by atoms with Crippen LogP contribution in [0.4, 0.5) is 10.1 Å². The lowest BCUT2D eigenvalue weighted by Crippen LogP contribution is -2.38. The molecule has 3 aliphatic rings. The molecule has 2 aromatic heterocycles. The van der Waals surface area contributed by atoms with E-state index in [0.29, 0.717) is 48.8 Å². The topological polar surface area (TPSA) is 83.9 Å². The van der Waals surface area contributed by atoms with Crippen molar-refractivity contribution in [1.82, 2.24) is 14.5 Å². The van der Waals surface area contributed by atoms with E-state index in [-0.39, 0.29) is 29.6 Å². The van der Waals surface area contributed by atoms with Crippen molar-refractivity contribution in [2.24, 2.45) is 11.7 Å². The van der Waals surface area contributed by atoms with Gasteiger partial charge in [0.2, 0.25) is 5.91 Å². The van der Waals surface area contributed by atoms with Crippen molar-refractivity contribution in [3.05, 3.63) is 88.9 Å². The molecular formula is C32H32FN5O2. The number of nitrogens with zero attached hydrogens (tertiary/aromatic N) is 4. The van der Waals surface area contributed by atoms with Crippen LogP contribution in [0.25, 0.3) is 16.8 Å². The number of carbonyl (C=O) groups excluding carboxylic acids is 2. The average Bonchev–Trinajstić information content (AvgIpc) is 3.51. The van der Waals surface area contributed by atoms with Gasteiger partial charge in [0.15, 0.2) is 0 Å². The van der Waals surface area contributed by atoms with Gasteiger partial charge in [-0.15, -0.1) is 0 Å². The molecule has 4 aromatic rings. The fourth-order valence-electron chi connectivity index (χ4n) is 6.40. The van der Waals surface area contributed by atoms with E-state index in [2.05, 4.69) is 25.1 Å². The average molecular weight is 538 g/mol. The summed E-state index contributed by atoms with van der Waals surface area (Å²) in [7, 11) is 0. The Balaban J connectivity index is 1.21. The molecule has 40 heavy (non-hydrogen) atoms. The van der Waals surface area contributed by atoms with E-state index in [4.69, 9.17) is 10.8 Å². The molecule has 8 heteroatoms. The van der Waals surface area contributed by atoms with E-state index >= 15 is 4.39 Å². The van der Waals surface area contributed by atoms with Gasteiger partial charge in [0.1, 0.15) is 5.82 Å². The maximum Gasteiger partial charge on any atom is 0.254 e. The van der Waals surface area contributed by atoms with Gasteiger partial charge in [0, 0.05) is 48.1 Å². The Bertz CT molecular complexity index is 1660. The summed E-state index contributed by atoms with van der Waals surface area (Å²) in [5, 5.41) is 4.80. The highest BCUT2D eigenvalue weighted by molar-refractivity contribution is 5.96. The third kappa shape index (κ3) is 4.22. The quantitative estimate of drug-likeness (QED) is 0.385. The monoisotopic (exact) mass is 537 g/mol. The second kappa shape index (κ2) is 9.47. The summed E-state index contributed by atoms with van der Waals surface area (Å²) < 4.78 is 17.3. The van der Waals surface area contributed by atoms with Gasteiger partial charge in [-0.2, -0.15) is 5.10 Å². The first-order chi connectivity index (χ1) is 19.4. The van der Waals surface area contributed by atoms with Crippen molar-refractivity contribution in [1.29, 1.82) is 0 Å². The van der Waals surface area contributed by atoms with Gasteiger partial charge in [-0.05, 0) is 80.1 Å². The van der Waals surface area contributed by atoms with Gasteiger partial charge in [0.25, 0.3) is 5.91 Å². The fraction of sp³-hybridized carbons (Fsp3) is 0.344. The van der Waals surface area contributed by atoms with Crippen molar-refractivity contribution in [2.75, 3.05) is 24.5 Å². The van der Waals surface area contributed by atoms with Gasteiger partial charge < -0.3 is 15.5 Å². The van der Waals surface area contributed by atoms with Crippen LogP contribution in [0.1, 0.15) is 65.3 Å². The van der Waals surface area contributed by atoms with Gasteiger partial charge in [-0.3, -0.25) is 9.59 Å². The van der Waals surface area contributed by atoms with E-state index in [1.807, 2.05) is 44.6 Å². The van der Waals surface area contributed by atoms with Crippen LogP contribution in [0.2, 0.25) is 0 Å². The summed E-state index contributed by atoms with van der Waals surface area (Å²) in [6.45, 7) is 3.95. The lowest BCUT2D eigenvalue weighted by Gasteiger charge is -2.35. The second-order valence-electron chi connectivity index (χ2n) is 11.4. The zero-order valence-electron chi connectivity index (χ0n) is 22.5. The Kier molecular flexibility index (Phi) is 5.87. The minimum absolute atomic E-state index is 0.00000682. The van der Waals surface area contributed by atoms with Crippen LogP contribution in [0.15, 0.2) is 60.7 Å². The molecule has 1 saturated heterocycles. The van der Waals surface area contributed by atoms with Crippen molar-refractivity contribution in [2.45, 2.75) is 44.6 Å². The lowest BCUT2D eigenvalue weighted by molar-refractivity contribution is -0.121. The van der Waals surface area contributed by atoms with Crippen LogP contribution in [-0.4, -0.2) is 46.0 Å². The number of halogens is 1. The molecule has 2 amide bonds. The number of nitrogens with two attached hydrogens (primary N) is 1. The number of aromatic nitrogens is 2. The highest BCUT2D eigenvalue weighted by atomic mass is 19.1. The van der Waals surface area contributed by atoms with Crippen molar-refractivity contribution >= 4 is 23.0 Å². The first-order valence-corrected chi connectivity index (χ1v) is 14.1. The van der Waals surface area contributed by atoms with Crippen LogP contribution in [0, 0.1) is 11.7 Å². The Morgan fingerprint density at radius 1 is 1.00 bits per heavy atom. The number of hydrogen-bond donors (Lipinski definition) is 1. The number of amides is 2. The first-order valence-electron chi connectivity index (χ1n) is 14.1.